The average molecular weight is 453 g/mol. The van der Waals surface area contributed by atoms with Crippen LogP contribution in [0.2, 0.25) is 0 Å². The van der Waals surface area contributed by atoms with E-state index in [1.807, 2.05) is 43.1 Å². The summed E-state index contributed by atoms with van der Waals surface area (Å²) in [6, 6.07) is 8.26. The highest BCUT2D eigenvalue weighted by molar-refractivity contribution is 9.11. The maximum Gasteiger partial charge on any atom is 0.192 e. The molecule has 1 heterocycles. The lowest BCUT2D eigenvalue weighted by Gasteiger charge is -2.08. The summed E-state index contributed by atoms with van der Waals surface area (Å²) in [5, 5.41) is 0. The van der Waals surface area contributed by atoms with E-state index in [-0.39, 0.29) is 5.43 Å². The number of rotatable bonds is 6. The van der Waals surface area contributed by atoms with E-state index in [1.54, 1.807) is 0 Å². The van der Waals surface area contributed by atoms with Crippen molar-refractivity contribution in [3.05, 3.63) is 68.6 Å². The van der Waals surface area contributed by atoms with E-state index < -0.39 is 0 Å². The number of allylic oxidation sites excluding steroid dienone is 2. The maximum atomic E-state index is 12.3. The van der Waals surface area contributed by atoms with Crippen molar-refractivity contribution in [1.82, 2.24) is 4.57 Å². The monoisotopic (exact) mass is 451 g/mol. The van der Waals surface area contributed by atoms with Crippen molar-refractivity contribution in [3.63, 3.8) is 0 Å². The van der Waals surface area contributed by atoms with Crippen molar-refractivity contribution in [2.75, 3.05) is 0 Å². The van der Waals surface area contributed by atoms with Gasteiger partial charge in [0.15, 0.2) is 5.43 Å². The van der Waals surface area contributed by atoms with Crippen LogP contribution in [-0.4, -0.2) is 9.39 Å². The van der Waals surface area contributed by atoms with Crippen molar-refractivity contribution >= 4 is 31.9 Å². The molecule has 0 bridgehead atoms. The van der Waals surface area contributed by atoms with Gasteiger partial charge in [0.2, 0.25) is 0 Å². The van der Waals surface area contributed by atoms with Crippen LogP contribution in [0, 0.1) is 6.92 Å². The molecule has 2 aromatic rings. The fourth-order valence-corrected chi connectivity index (χ4v) is 3.44. The number of benzene rings is 1. The Hall–Kier alpha value is -1.13. The molecule has 0 radical (unpaired) electrons. The SMILES string of the molecule is Cc1cn(C)cc(-c2ccc(CC(Br)=CCCC(C)Br)cc2)c1=O. The predicted molar refractivity (Wildman–Crippen MR) is 110 cm³/mol. The maximum absolute atomic E-state index is 12.3. The molecule has 128 valence electrons. The highest BCUT2D eigenvalue weighted by Gasteiger charge is 2.06. The van der Waals surface area contributed by atoms with Gasteiger partial charge in [0, 0.05) is 41.8 Å². The Morgan fingerprint density at radius 2 is 1.92 bits per heavy atom. The smallest absolute Gasteiger partial charge is 0.192 e. The van der Waals surface area contributed by atoms with E-state index in [1.165, 1.54) is 10.0 Å². The van der Waals surface area contributed by atoms with Gasteiger partial charge in [0.05, 0.1) is 0 Å². The van der Waals surface area contributed by atoms with Crippen LogP contribution in [0.15, 0.2) is 52.0 Å². The third-order valence-corrected chi connectivity index (χ3v) is 4.96. The number of hydrogen-bond acceptors (Lipinski definition) is 1. The lowest BCUT2D eigenvalue weighted by atomic mass is 10.0. The molecule has 2 rings (SSSR count). The molecule has 4 heteroatoms. The predicted octanol–water partition coefficient (Wildman–Crippen LogP) is 5.75. The topological polar surface area (TPSA) is 22.0 Å². The fourth-order valence-electron chi connectivity index (χ4n) is 2.62. The Kier molecular flexibility index (Phi) is 7.05. The molecule has 0 aliphatic carbocycles. The molecular weight excluding hydrogens is 430 g/mol. The quantitative estimate of drug-likeness (QED) is 0.511. The van der Waals surface area contributed by atoms with Gasteiger partial charge in [-0.3, -0.25) is 4.79 Å². The van der Waals surface area contributed by atoms with E-state index in [2.05, 4.69) is 57.0 Å². The van der Waals surface area contributed by atoms with Gasteiger partial charge in [-0.15, -0.1) is 0 Å². The van der Waals surface area contributed by atoms with Gasteiger partial charge in [-0.05, 0) is 35.4 Å². The molecule has 1 unspecified atom stereocenters. The second-order valence-corrected chi connectivity index (χ2v) is 8.81. The first kappa shape index (κ1) is 19.2. The molecule has 0 fully saturated rings. The summed E-state index contributed by atoms with van der Waals surface area (Å²) in [5.74, 6) is 0. The number of nitrogens with zero attached hydrogens (tertiary/aromatic N) is 1. The molecule has 0 aliphatic heterocycles. The van der Waals surface area contributed by atoms with Gasteiger partial charge in [-0.25, -0.2) is 0 Å². The summed E-state index contributed by atoms with van der Waals surface area (Å²) in [6.45, 7) is 4.02. The van der Waals surface area contributed by atoms with E-state index in [0.717, 1.165) is 36.0 Å². The zero-order valence-electron chi connectivity index (χ0n) is 14.4. The Balaban J connectivity index is 2.13. The molecule has 1 atom stereocenters. The Morgan fingerprint density at radius 1 is 1.25 bits per heavy atom. The van der Waals surface area contributed by atoms with Crippen LogP contribution < -0.4 is 5.43 Å². The third kappa shape index (κ3) is 5.45. The molecule has 2 nitrogen and oxygen atoms in total. The highest BCUT2D eigenvalue weighted by Crippen LogP contribution is 2.20. The van der Waals surface area contributed by atoms with Crippen molar-refractivity contribution in [3.8, 4) is 11.1 Å². The summed E-state index contributed by atoms with van der Waals surface area (Å²) in [7, 11) is 1.94. The Morgan fingerprint density at radius 3 is 2.54 bits per heavy atom. The molecule has 0 saturated carbocycles. The largest absolute Gasteiger partial charge is 0.356 e. The minimum Gasteiger partial charge on any atom is -0.356 e. The first-order valence-electron chi connectivity index (χ1n) is 8.11. The summed E-state index contributed by atoms with van der Waals surface area (Å²) in [5.41, 5.74) is 3.83. The number of alkyl halides is 1. The number of aryl methyl sites for hydroxylation is 2. The number of hydrogen-bond donors (Lipinski definition) is 0. The Labute approximate surface area is 160 Å². The van der Waals surface area contributed by atoms with Crippen LogP contribution >= 0.6 is 31.9 Å². The van der Waals surface area contributed by atoms with E-state index in [4.69, 9.17) is 0 Å². The van der Waals surface area contributed by atoms with Crippen LogP contribution in [0.3, 0.4) is 0 Å². The van der Waals surface area contributed by atoms with Gasteiger partial charge in [-0.2, -0.15) is 0 Å². The normalized spacial score (nSPS) is 13.1. The molecule has 0 amide bonds. The Bertz CT molecular complexity index is 773. The van der Waals surface area contributed by atoms with E-state index >= 15 is 0 Å². The van der Waals surface area contributed by atoms with Crippen molar-refractivity contribution in [2.24, 2.45) is 7.05 Å². The lowest BCUT2D eigenvalue weighted by Crippen LogP contribution is -2.11. The first-order chi connectivity index (χ1) is 11.4. The van der Waals surface area contributed by atoms with Crippen molar-refractivity contribution in [1.29, 1.82) is 0 Å². The van der Waals surface area contributed by atoms with Gasteiger partial charge in [0.25, 0.3) is 0 Å². The molecule has 1 aromatic heterocycles. The van der Waals surface area contributed by atoms with Gasteiger partial charge < -0.3 is 4.57 Å². The van der Waals surface area contributed by atoms with Gasteiger partial charge in [0.1, 0.15) is 0 Å². The average Bonchev–Trinajstić information content (AvgIpc) is 2.51. The van der Waals surface area contributed by atoms with Crippen LogP contribution in [0.4, 0.5) is 0 Å². The molecule has 1 aromatic carbocycles. The molecule has 24 heavy (non-hydrogen) atoms. The molecule has 0 spiro atoms. The van der Waals surface area contributed by atoms with Crippen LogP contribution in [-0.2, 0) is 13.5 Å². The zero-order chi connectivity index (χ0) is 17.7. The molecular formula is C20H23Br2NO. The molecule has 0 aliphatic rings. The molecule has 0 saturated heterocycles. The second kappa shape index (κ2) is 8.82. The fraction of sp³-hybridized carbons (Fsp3) is 0.350. The second-order valence-electron chi connectivity index (χ2n) is 6.23. The van der Waals surface area contributed by atoms with E-state index in [9.17, 15) is 4.79 Å². The molecule has 0 N–H and O–H groups in total. The summed E-state index contributed by atoms with van der Waals surface area (Å²) < 4.78 is 3.14. The third-order valence-electron chi connectivity index (χ3n) is 3.90. The van der Waals surface area contributed by atoms with E-state index in [0.29, 0.717) is 4.83 Å². The minimum atomic E-state index is 0.103. The van der Waals surface area contributed by atoms with Gasteiger partial charge in [-0.1, -0.05) is 69.1 Å². The van der Waals surface area contributed by atoms with Gasteiger partial charge >= 0.3 is 0 Å². The summed E-state index contributed by atoms with van der Waals surface area (Å²) in [6.07, 6.45) is 9.05. The van der Waals surface area contributed by atoms with Crippen LogP contribution in [0.25, 0.3) is 11.1 Å². The summed E-state index contributed by atoms with van der Waals surface area (Å²) >= 11 is 7.22. The zero-order valence-corrected chi connectivity index (χ0v) is 17.5. The van der Waals surface area contributed by atoms with Crippen molar-refractivity contribution in [2.45, 2.75) is 37.9 Å². The summed E-state index contributed by atoms with van der Waals surface area (Å²) in [4.78, 5) is 12.9. The first-order valence-corrected chi connectivity index (χ1v) is 9.82. The number of halogens is 2. The number of pyridine rings is 1. The lowest BCUT2D eigenvalue weighted by molar-refractivity contribution is 0.841. The standard InChI is InChI=1S/C20H23Br2NO/c1-14-12-23(3)13-19(20(14)24)17-9-7-16(8-10-17)11-18(22)6-4-5-15(2)21/h6-10,12-13,15H,4-5,11H2,1-3H3. The minimum absolute atomic E-state index is 0.103. The van der Waals surface area contributed by atoms with Crippen LogP contribution in [0.1, 0.15) is 30.9 Å². The van der Waals surface area contributed by atoms with Crippen molar-refractivity contribution < 1.29 is 0 Å². The highest BCUT2D eigenvalue weighted by atomic mass is 79.9. The van der Waals surface area contributed by atoms with Crippen LogP contribution in [0.5, 0.6) is 0 Å². The number of aromatic nitrogens is 1.